The first-order chi connectivity index (χ1) is 17.1. The fourth-order valence-electron chi connectivity index (χ4n) is 3.63. The maximum atomic E-state index is 12.0. The highest BCUT2D eigenvalue weighted by molar-refractivity contribution is 7.99. The molecule has 11 heteroatoms. The largest absolute Gasteiger partial charge is 0.412 e. The lowest BCUT2D eigenvalue weighted by atomic mass is 9.94. The Morgan fingerprint density at radius 1 is 1.16 bits per heavy atom. The number of thioether (sulfide) groups is 1. The summed E-state index contributed by atoms with van der Waals surface area (Å²) in [5, 5.41) is 18.2. The Kier molecular flexibility index (Phi) is 16.4. The Morgan fingerprint density at radius 3 is 2.32 bits per heavy atom. The average molecular weight is 542 g/mol. The number of ether oxygens (including phenoxy) is 1. The van der Waals surface area contributed by atoms with Gasteiger partial charge in [-0.15, -0.1) is 13.2 Å². The molecule has 1 aliphatic heterocycles. The van der Waals surface area contributed by atoms with Crippen LogP contribution in [0.25, 0.3) is 11.4 Å². The highest BCUT2D eigenvalue weighted by Gasteiger charge is 2.36. The molecule has 8 N–H and O–H groups in total. The van der Waals surface area contributed by atoms with Gasteiger partial charge in [0.25, 0.3) is 0 Å². The van der Waals surface area contributed by atoms with Crippen LogP contribution < -0.4 is 16.0 Å². The molecule has 10 nitrogen and oxygen atoms in total. The Bertz CT molecular complexity index is 933. The summed E-state index contributed by atoms with van der Waals surface area (Å²) in [6, 6.07) is 9.67. The molecule has 4 rings (SSSR count). The lowest BCUT2D eigenvalue weighted by Gasteiger charge is -2.35. The van der Waals surface area contributed by atoms with Crippen LogP contribution in [0, 0.1) is 0 Å². The van der Waals surface area contributed by atoms with Gasteiger partial charge in [-0.25, -0.2) is 14.8 Å². The van der Waals surface area contributed by atoms with Crippen molar-refractivity contribution < 1.29 is 28.4 Å². The molecule has 0 spiro atoms. The molecule has 0 atom stereocenters. The number of amides is 2. The molecule has 2 aliphatic rings. The normalized spacial score (nSPS) is 15.1. The number of anilines is 2. The van der Waals surface area contributed by atoms with Crippen molar-refractivity contribution in [3.8, 4) is 11.4 Å². The maximum Gasteiger partial charge on any atom is 0.319 e. The number of nitrogens with zero attached hydrogens (tertiary/aromatic N) is 2. The van der Waals surface area contributed by atoms with Crippen molar-refractivity contribution in [3.05, 3.63) is 49.2 Å². The molecule has 1 saturated carbocycles. The monoisotopic (exact) mass is 541 g/mol. The molecule has 0 bridgehead atoms. The number of hydrogen-bond acceptors (Lipinski definition) is 7. The lowest BCUT2D eigenvalue weighted by Crippen LogP contribution is -2.31. The molecule has 2 amide bonds. The van der Waals surface area contributed by atoms with E-state index < -0.39 is 0 Å². The summed E-state index contributed by atoms with van der Waals surface area (Å²) in [6.45, 7) is 11.9. The molecule has 37 heavy (non-hydrogen) atoms. The molecule has 1 aromatic carbocycles. The first kappa shape index (κ1) is 34.3. The smallest absolute Gasteiger partial charge is 0.319 e. The van der Waals surface area contributed by atoms with Crippen molar-refractivity contribution in [1.82, 2.24) is 15.3 Å². The number of benzene rings is 1. The third-order valence-corrected chi connectivity index (χ3v) is 7.01. The minimum Gasteiger partial charge on any atom is -0.412 e. The van der Waals surface area contributed by atoms with Gasteiger partial charge in [-0.3, -0.25) is 0 Å². The summed E-state index contributed by atoms with van der Waals surface area (Å²) >= 11 is 1.80. The number of carbonyl (C=O) groups excluding carboxylic acids is 1. The zero-order valence-corrected chi connectivity index (χ0v) is 22.9. The van der Waals surface area contributed by atoms with E-state index in [1.54, 1.807) is 11.8 Å². The third-order valence-electron chi connectivity index (χ3n) is 5.62. The predicted molar refractivity (Wildman–Crippen MR) is 158 cm³/mol. The zero-order chi connectivity index (χ0) is 25.7. The van der Waals surface area contributed by atoms with Crippen molar-refractivity contribution in [2.45, 2.75) is 50.3 Å². The summed E-state index contributed by atoms with van der Waals surface area (Å²) in [6.07, 6.45) is 6.00. The van der Waals surface area contributed by atoms with Gasteiger partial charge in [0.2, 0.25) is 0 Å². The SMILES string of the molecule is C=C.CC.CSC1(c2cc(NCCO)nc(-c3ccc(NC(=O)NC4CC4)cc3)n2)CCOCC1.O.O.[HH].[HH]. The van der Waals surface area contributed by atoms with Crippen LogP contribution in [0.3, 0.4) is 0 Å². The fourth-order valence-corrected chi connectivity index (χ4v) is 4.52. The Labute approximate surface area is 227 Å². The van der Waals surface area contributed by atoms with Crippen molar-refractivity contribution in [2.24, 2.45) is 0 Å². The minimum absolute atomic E-state index is 0. The Hall–Kier alpha value is -2.70. The van der Waals surface area contributed by atoms with E-state index >= 15 is 0 Å². The topological polar surface area (TPSA) is 171 Å². The van der Waals surface area contributed by atoms with Gasteiger partial charge in [0.1, 0.15) is 5.82 Å². The maximum absolute atomic E-state index is 12.0. The van der Waals surface area contributed by atoms with Crippen LogP contribution in [-0.2, 0) is 9.48 Å². The molecule has 2 heterocycles. The molecule has 0 radical (unpaired) electrons. The van der Waals surface area contributed by atoms with Crippen LogP contribution in [-0.4, -0.2) is 70.7 Å². The molecule has 1 aromatic heterocycles. The lowest BCUT2D eigenvalue weighted by molar-refractivity contribution is 0.0760. The molecule has 212 valence electrons. The summed E-state index contributed by atoms with van der Waals surface area (Å²) in [4.78, 5) is 21.6. The average Bonchev–Trinajstić information content (AvgIpc) is 3.74. The first-order valence-electron chi connectivity index (χ1n) is 12.2. The van der Waals surface area contributed by atoms with Crippen LogP contribution >= 0.6 is 11.8 Å². The van der Waals surface area contributed by atoms with Gasteiger partial charge < -0.3 is 36.7 Å². The summed E-state index contributed by atoms with van der Waals surface area (Å²) in [5.41, 5.74) is 2.56. The van der Waals surface area contributed by atoms with Gasteiger partial charge in [0.15, 0.2) is 5.82 Å². The van der Waals surface area contributed by atoms with Crippen molar-refractivity contribution in [2.75, 3.05) is 43.3 Å². The number of aliphatic hydroxyl groups excluding tert-OH is 1. The van der Waals surface area contributed by atoms with Gasteiger partial charge in [0.05, 0.1) is 17.0 Å². The standard InChI is InChI=1S/C22H29N5O3S.C2H6.C2H4.2H2O.2H2/c1-31-22(8-12-30-13-9-22)18-14-19(23-10-11-28)27-20(26-18)15-2-4-16(5-3-15)24-21(29)25-17-6-7-17;2*1-2;;;;/h2-5,14,17,28H,6-13H2,1H3,(H,23,26,27)(H2,24,25,29);1-2H3;1-2H2;2*1H2;2*1H. The molecular weight excluding hydrogens is 494 g/mol. The second-order valence-electron chi connectivity index (χ2n) is 7.87. The number of aromatic nitrogens is 2. The third kappa shape index (κ3) is 9.94. The van der Waals surface area contributed by atoms with E-state index in [0.717, 1.165) is 42.6 Å². The van der Waals surface area contributed by atoms with E-state index in [-0.39, 0.29) is 31.2 Å². The van der Waals surface area contributed by atoms with Crippen molar-refractivity contribution >= 4 is 29.3 Å². The predicted octanol–water partition coefficient (Wildman–Crippen LogP) is 3.87. The number of nitrogens with one attached hydrogen (secondary N) is 3. The fraction of sp³-hybridized carbons (Fsp3) is 0.500. The number of hydrogen-bond donors (Lipinski definition) is 4. The van der Waals surface area contributed by atoms with Crippen molar-refractivity contribution in [1.29, 1.82) is 0 Å². The molecule has 2 fully saturated rings. The van der Waals surface area contributed by atoms with E-state index in [4.69, 9.17) is 9.72 Å². The Morgan fingerprint density at radius 2 is 1.78 bits per heavy atom. The molecule has 2 aromatic rings. The van der Waals surface area contributed by atoms with Crippen LogP contribution in [0.15, 0.2) is 43.5 Å². The first-order valence-corrected chi connectivity index (χ1v) is 13.4. The van der Waals surface area contributed by atoms with E-state index in [1.807, 2.05) is 44.2 Å². The molecule has 0 unspecified atom stereocenters. The van der Waals surface area contributed by atoms with Gasteiger partial charge >= 0.3 is 6.03 Å². The highest BCUT2D eigenvalue weighted by atomic mass is 32.2. The van der Waals surface area contributed by atoms with E-state index in [0.29, 0.717) is 37.4 Å². The van der Waals surface area contributed by atoms with Gasteiger partial charge in [-0.2, -0.15) is 11.8 Å². The van der Waals surface area contributed by atoms with Gasteiger partial charge in [-0.05, 0) is 56.2 Å². The van der Waals surface area contributed by atoms with Crippen molar-refractivity contribution in [3.63, 3.8) is 0 Å². The number of urea groups is 1. The highest BCUT2D eigenvalue weighted by Crippen LogP contribution is 2.43. The van der Waals surface area contributed by atoms with Gasteiger partial charge in [0, 0.05) is 46.0 Å². The minimum atomic E-state index is -0.176. The van der Waals surface area contributed by atoms with E-state index in [9.17, 15) is 9.90 Å². The summed E-state index contributed by atoms with van der Waals surface area (Å²) in [5.74, 6) is 1.31. The molecule has 1 saturated heterocycles. The number of aliphatic hydroxyl groups is 1. The van der Waals surface area contributed by atoms with E-state index in [2.05, 4.69) is 40.3 Å². The number of carbonyl (C=O) groups is 1. The van der Waals surface area contributed by atoms with E-state index in [1.165, 1.54) is 0 Å². The summed E-state index contributed by atoms with van der Waals surface area (Å²) in [7, 11) is 0. The van der Waals surface area contributed by atoms with Gasteiger partial charge in [-0.1, -0.05) is 13.8 Å². The Balaban J connectivity index is -0.00000155. The van der Waals surface area contributed by atoms with Crippen LogP contribution in [0.5, 0.6) is 0 Å². The zero-order valence-electron chi connectivity index (χ0n) is 22.1. The second kappa shape index (κ2) is 17.7. The molecule has 1 aliphatic carbocycles. The van der Waals surface area contributed by atoms with Crippen LogP contribution in [0.1, 0.15) is 48.1 Å². The number of rotatable bonds is 8. The second-order valence-corrected chi connectivity index (χ2v) is 9.06. The molecular formula is C26H47N5O5S. The van der Waals surface area contributed by atoms with Crippen LogP contribution in [0.2, 0.25) is 0 Å². The van der Waals surface area contributed by atoms with Crippen LogP contribution in [0.4, 0.5) is 16.3 Å². The quantitative estimate of drug-likeness (QED) is 0.367. The summed E-state index contributed by atoms with van der Waals surface area (Å²) < 4.78 is 5.47.